The molecular weight excluding hydrogens is 360 g/mol. The van der Waals surface area contributed by atoms with Crippen molar-refractivity contribution in [3.8, 4) is 22.5 Å². The third kappa shape index (κ3) is 5.45. The first-order chi connectivity index (χ1) is 13.9. The Labute approximate surface area is 175 Å². The number of rotatable bonds is 1. The lowest BCUT2D eigenvalue weighted by molar-refractivity contribution is 0.277. The SMILES string of the molecule is CC.CC(C)(C)CN1Cc2ccccc2-c2n[nH]nc2-c2ccccc21.COC. The molecule has 1 N–H and O–H groups in total. The summed E-state index contributed by atoms with van der Waals surface area (Å²) in [6.45, 7) is 12.7. The van der Waals surface area contributed by atoms with E-state index in [0.717, 1.165) is 35.6 Å². The fourth-order valence-electron chi connectivity index (χ4n) is 3.45. The molecule has 29 heavy (non-hydrogen) atoms. The third-order valence-corrected chi connectivity index (χ3v) is 4.35. The van der Waals surface area contributed by atoms with Gasteiger partial charge < -0.3 is 9.64 Å². The molecule has 0 unspecified atom stereocenters. The van der Waals surface area contributed by atoms with Gasteiger partial charge in [-0.05, 0) is 17.0 Å². The summed E-state index contributed by atoms with van der Waals surface area (Å²) in [4.78, 5) is 2.46. The number of para-hydroxylation sites is 1. The van der Waals surface area contributed by atoms with Gasteiger partial charge in [0.25, 0.3) is 0 Å². The highest BCUT2D eigenvalue weighted by Crippen LogP contribution is 2.40. The molecule has 5 heteroatoms. The number of aromatic nitrogens is 3. The van der Waals surface area contributed by atoms with Crippen LogP contribution in [0.2, 0.25) is 0 Å². The van der Waals surface area contributed by atoms with Gasteiger partial charge in [-0.15, -0.1) is 0 Å². The monoisotopic (exact) mass is 394 g/mol. The Kier molecular flexibility index (Phi) is 7.97. The maximum Gasteiger partial charge on any atom is 0.122 e. The van der Waals surface area contributed by atoms with E-state index in [-0.39, 0.29) is 5.41 Å². The first-order valence-electron chi connectivity index (χ1n) is 10.2. The summed E-state index contributed by atoms with van der Waals surface area (Å²) in [5.74, 6) is 0. The molecule has 1 aromatic heterocycles. The molecule has 156 valence electrons. The van der Waals surface area contributed by atoms with E-state index >= 15 is 0 Å². The topological polar surface area (TPSA) is 54.0 Å². The van der Waals surface area contributed by atoms with Gasteiger partial charge in [-0.2, -0.15) is 15.4 Å². The fourth-order valence-corrected chi connectivity index (χ4v) is 3.45. The van der Waals surface area contributed by atoms with Crippen LogP contribution in [0.5, 0.6) is 0 Å². The van der Waals surface area contributed by atoms with Crippen LogP contribution in [-0.2, 0) is 11.3 Å². The minimum atomic E-state index is 0.202. The molecule has 0 atom stereocenters. The Morgan fingerprint density at radius 2 is 1.41 bits per heavy atom. The Hall–Kier alpha value is -2.66. The lowest BCUT2D eigenvalue weighted by Crippen LogP contribution is -2.33. The molecule has 2 aromatic carbocycles. The number of methoxy groups -OCH3 is 1. The molecule has 0 saturated carbocycles. The molecule has 1 aliphatic rings. The predicted octanol–water partition coefficient (Wildman–Crippen LogP) is 5.79. The number of hydrogen-bond acceptors (Lipinski definition) is 4. The summed E-state index contributed by atoms with van der Waals surface area (Å²) in [5.41, 5.74) is 6.87. The van der Waals surface area contributed by atoms with Gasteiger partial charge in [-0.1, -0.05) is 77.1 Å². The quantitative estimate of drug-likeness (QED) is 0.567. The maximum atomic E-state index is 4.47. The Balaban J connectivity index is 0.000000551. The van der Waals surface area contributed by atoms with Crippen molar-refractivity contribution in [2.45, 2.75) is 41.2 Å². The average molecular weight is 395 g/mol. The highest BCUT2D eigenvalue weighted by atomic mass is 16.4. The summed E-state index contributed by atoms with van der Waals surface area (Å²) in [6, 6.07) is 17.0. The van der Waals surface area contributed by atoms with Crippen LogP contribution in [-0.4, -0.2) is 36.2 Å². The van der Waals surface area contributed by atoms with Gasteiger partial charge in [0.15, 0.2) is 0 Å². The van der Waals surface area contributed by atoms with Gasteiger partial charge in [-0.25, -0.2) is 0 Å². The Bertz CT molecular complexity index is 896. The number of ether oxygens (including phenoxy) is 1. The first kappa shape index (κ1) is 22.6. The van der Waals surface area contributed by atoms with Gasteiger partial charge in [-0.3, -0.25) is 0 Å². The summed E-state index contributed by atoms with van der Waals surface area (Å²) in [6.07, 6.45) is 0. The van der Waals surface area contributed by atoms with Gasteiger partial charge in [0.1, 0.15) is 11.4 Å². The van der Waals surface area contributed by atoms with Crippen molar-refractivity contribution in [3.05, 3.63) is 54.1 Å². The number of hydrogen-bond donors (Lipinski definition) is 1. The molecule has 2 heterocycles. The Morgan fingerprint density at radius 1 is 0.897 bits per heavy atom. The van der Waals surface area contributed by atoms with Gasteiger partial charge in [0, 0.05) is 44.1 Å². The molecule has 3 aromatic rings. The summed E-state index contributed by atoms with van der Waals surface area (Å²) in [7, 11) is 3.25. The zero-order valence-corrected chi connectivity index (χ0v) is 18.8. The normalized spacial score (nSPS) is 12.0. The minimum absolute atomic E-state index is 0.202. The van der Waals surface area contributed by atoms with Crippen LogP contribution in [0.3, 0.4) is 0 Å². The molecule has 4 rings (SSSR count). The van der Waals surface area contributed by atoms with Crippen molar-refractivity contribution in [2.75, 3.05) is 25.7 Å². The van der Waals surface area contributed by atoms with Crippen LogP contribution in [0.4, 0.5) is 5.69 Å². The number of benzene rings is 2. The van der Waals surface area contributed by atoms with Gasteiger partial charge >= 0.3 is 0 Å². The molecule has 0 spiro atoms. The standard InChI is InChI=1S/C20H22N4.C2H6O.C2H6/c1-20(2,3)13-24-12-14-8-4-5-9-15(14)18-19(22-23-21-18)16-10-6-7-11-17(16)24;1-3-2;1-2/h4-11H,12-13H2,1-3H3,(H,21,22,23);1-2H3;1-2H3. The molecule has 1 aliphatic heterocycles. The zero-order chi connectivity index (χ0) is 21.4. The summed E-state index contributed by atoms with van der Waals surface area (Å²) < 4.78 is 4.25. The molecule has 0 radical (unpaired) electrons. The van der Waals surface area contributed by atoms with Crippen LogP contribution in [0.25, 0.3) is 22.5 Å². The largest absolute Gasteiger partial charge is 0.388 e. The summed E-state index contributed by atoms with van der Waals surface area (Å²) in [5, 5.41) is 11.7. The third-order valence-electron chi connectivity index (χ3n) is 4.35. The number of fused-ring (bicyclic) bond motifs is 5. The van der Waals surface area contributed by atoms with E-state index in [0.29, 0.717) is 0 Å². The van der Waals surface area contributed by atoms with Crippen molar-refractivity contribution in [1.29, 1.82) is 0 Å². The first-order valence-corrected chi connectivity index (χ1v) is 10.2. The van der Waals surface area contributed by atoms with E-state index in [9.17, 15) is 0 Å². The van der Waals surface area contributed by atoms with E-state index in [1.807, 2.05) is 13.8 Å². The van der Waals surface area contributed by atoms with E-state index < -0.39 is 0 Å². The molecule has 0 saturated heterocycles. The van der Waals surface area contributed by atoms with Crippen molar-refractivity contribution in [1.82, 2.24) is 15.4 Å². The molecule has 0 aliphatic carbocycles. The van der Waals surface area contributed by atoms with Crippen LogP contribution < -0.4 is 4.90 Å². The zero-order valence-electron chi connectivity index (χ0n) is 18.8. The molecule has 0 bridgehead atoms. The number of nitrogens with one attached hydrogen (secondary N) is 1. The minimum Gasteiger partial charge on any atom is -0.388 e. The van der Waals surface area contributed by atoms with Crippen molar-refractivity contribution in [3.63, 3.8) is 0 Å². The van der Waals surface area contributed by atoms with Crippen LogP contribution in [0.1, 0.15) is 40.2 Å². The number of anilines is 1. The van der Waals surface area contributed by atoms with Gasteiger partial charge in [0.05, 0.1) is 0 Å². The number of nitrogens with zero attached hydrogens (tertiary/aromatic N) is 3. The molecular formula is C24H34N4O. The smallest absolute Gasteiger partial charge is 0.122 e. The summed E-state index contributed by atoms with van der Waals surface area (Å²) >= 11 is 0. The molecule has 5 nitrogen and oxygen atoms in total. The van der Waals surface area contributed by atoms with E-state index in [1.54, 1.807) is 14.2 Å². The highest BCUT2D eigenvalue weighted by Gasteiger charge is 2.26. The van der Waals surface area contributed by atoms with Crippen LogP contribution in [0.15, 0.2) is 48.5 Å². The number of H-pyrrole nitrogens is 1. The van der Waals surface area contributed by atoms with E-state index in [1.165, 1.54) is 11.3 Å². The second kappa shape index (κ2) is 10.2. The van der Waals surface area contributed by atoms with E-state index in [4.69, 9.17) is 0 Å². The number of aromatic amines is 1. The van der Waals surface area contributed by atoms with Crippen LogP contribution >= 0.6 is 0 Å². The van der Waals surface area contributed by atoms with Crippen LogP contribution in [0, 0.1) is 5.41 Å². The molecule has 0 amide bonds. The maximum absolute atomic E-state index is 4.47. The predicted molar refractivity (Wildman–Crippen MR) is 122 cm³/mol. The second-order valence-corrected chi connectivity index (χ2v) is 8.02. The Morgan fingerprint density at radius 3 is 2.03 bits per heavy atom. The van der Waals surface area contributed by atoms with Crippen molar-refractivity contribution >= 4 is 5.69 Å². The lowest BCUT2D eigenvalue weighted by atomic mass is 9.92. The van der Waals surface area contributed by atoms with Crippen molar-refractivity contribution < 1.29 is 4.74 Å². The van der Waals surface area contributed by atoms with E-state index in [2.05, 4.69) is 94.3 Å². The lowest BCUT2D eigenvalue weighted by Gasteiger charge is -2.34. The highest BCUT2D eigenvalue weighted by molar-refractivity contribution is 5.87. The average Bonchev–Trinajstić information content (AvgIpc) is 3.17. The second-order valence-electron chi connectivity index (χ2n) is 8.02. The van der Waals surface area contributed by atoms with Gasteiger partial charge in [0.2, 0.25) is 0 Å². The molecule has 0 fully saturated rings. The fraction of sp³-hybridized carbons (Fsp3) is 0.417. The van der Waals surface area contributed by atoms with Crippen molar-refractivity contribution in [2.24, 2.45) is 5.41 Å².